The second kappa shape index (κ2) is 9.51. The van der Waals surface area contributed by atoms with E-state index >= 15 is 0 Å². The Balaban J connectivity index is 1.59. The summed E-state index contributed by atoms with van der Waals surface area (Å²) in [6, 6.07) is 43.9. The third-order valence-electron chi connectivity index (χ3n) is 8.41. The van der Waals surface area contributed by atoms with Crippen LogP contribution in [0.4, 0.5) is 0 Å². The van der Waals surface area contributed by atoms with Crippen molar-refractivity contribution in [3.63, 3.8) is 0 Å². The van der Waals surface area contributed by atoms with Gasteiger partial charge in [-0.25, -0.2) is 0 Å². The molecule has 0 saturated heterocycles. The third-order valence-corrected chi connectivity index (χ3v) is 8.41. The molecule has 40 heavy (non-hydrogen) atoms. The quantitative estimate of drug-likeness (QED) is 0.243. The Bertz CT molecular complexity index is 1890. The van der Waals surface area contributed by atoms with Gasteiger partial charge in [0.15, 0.2) is 0 Å². The second-order valence-corrected chi connectivity index (χ2v) is 11.1. The van der Waals surface area contributed by atoms with Gasteiger partial charge in [0.25, 0.3) is 0 Å². The number of aromatic nitrogens is 1. The van der Waals surface area contributed by atoms with Crippen molar-refractivity contribution in [3.8, 4) is 39.1 Å². The number of nitrogens with zero attached hydrogens (tertiary/aromatic N) is 1. The number of hydrogen-bond acceptors (Lipinski definition) is 1. The zero-order chi connectivity index (χ0) is 27.3. The first-order valence-electron chi connectivity index (χ1n) is 14.0. The fourth-order valence-corrected chi connectivity index (χ4v) is 6.57. The van der Waals surface area contributed by atoms with Gasteiger partial charge in [-0.2, -0.15) is 0 Å². The minimum Gasteiger partial charge on any atom is -0.327 e. The Morgan fingerprint density at radius 3 is 2.10 bits per heavy atom. The largest absolute Gasteiger partial charge is 0.327 e. The number of fused-ring (bicyclic) bond motifs is 4. The van der Waals surface area contributed by atoms with E-state index in [1.165, 1.54) is 55.4 Å². The van der Waals surface area contributed by atoms with Gasteiger partial charge in [0.1, 0.15) is 0 Å². The van der Waals surface area contributed by atoms with E-state index in [0.717, 1.165) is 11.4 Å². The van der Waals surface area contributed by atoms with E-state index in [9.17, 15) is 0 Å². The molecule has 7 rings (SSSR count). The Labute approximate surface area is 236 Å². The lowest BCUT2D eigenvalue weighted by molar-refractivity contribution is 0.660. The van der Waals surface area contributed by atoms with Gasteiger partial charge in [-0.1, -0.05) is 123 Å². The first-order valence-corrected chi connectivity index (χ1v) is 14.0. The molecule has 6 aromatic rings. The number of benzene rings is 5. The lowest BCUT2D eigenvalue weighted by Gasteiger charge is -2.21. The highest BCUT2D eigenvalue weighted by atomic mass is 15.0. The van der Waals surface area contributed by atoms with Crippen LogP contribution in [-0.2, 0) is 5.41 Å². The van der Waals surface area contributed by atoms with Crippen molar-refractivity contribution in [2.75, 3.05) is 6.54 Å². The van der Waals surface area contributed by atoms with Crippen LogP contribution >= 0.6 is 0 Å². The molecule has 2 nitrogen and oxygen atoms in total. The molecular formula is C38H32N2. The molecule has 0 saturated carbocycles. The van der Waals surface area contributed by atoms with Crippen LogP contribution in [0.15, 0.2) is 127 Å². The van der Waals surface area contributed by atoms with E-state index in [-0.39, 0.29) is 5.41 Å². The Hall–Kier alpha value is -4.66. The molecule has 0 fully saturated rings. The monoisotopic (exact) mass is 516 g/mol. The number of hydrogen-bond donors (Lipinski definition) is 1. The summed E-state index contributed by atoms with van der Waals surface area (Å²) in [5.74, 6) is 0. The minimum atomic E-state index is -0.0226. The fourth-order valence-electron chi connectivity index (χ4n) is 6.57. The molecule has 0 radical (unpaired) electrons. The Morgan fingerprint density at radius 2 is 1.32 bits per heavy atom. The minimum absolute atomic E-state index is 0.0226. The number of para-hydroxylation sites is 2. The topological polar surface area (TPSA) is 30.9 Å². The molecule has 0 bridgehead atoms. The summed E-state index contributed by atoms with van der Waals surface area (Å²) in [6.07, 6.45) is 4.26. The first-order chi connectivity index (χ1) is 19.6. The summed E-state index contributed by atoms with van der Waals surface area (Å²) >= 11 is 0. The molecule has 5 aromatic carbocycles. The summed E-state index contributed by atoms with van der Waals surface area (Å²) < 4.78 is 2.41. The molecule has 1 aromatic heterocycles. The smallest absolute Gasteiger partial charge is 0.0619 e. The van der Waals surface area contributed by atoms with Crippen LogP contribution in [0.3, 0.4) is 0 Å². The SMILES string of the molecule is CC1(C)c2ccccc2-c2cc(-c3c(/C=C\CN)n(-c4ccccc4)c4c(-c5ccccc5)cccc34)ccc21. The van der Waals surface area contributed by atoms with Gasteiger partial charge in [-0.05, 0) is 57.7 Å². The lowest BCUT2D eigenvalue weighted by atomic mass is 9.82. The molecule has 0 aliphatic heterocycles. The number of rotatable bonds is 5. The summed E-state index contributed by atoms with van der Waals surface area (Å²) in [7, 11) is 0. The van der Waals surface area contributed by atoms with Gasteiger partial charge >= 0.3 is 0 Å². The predicted octanol–water partition coefficient (Wildman–Crippen LogP) is 9.24. The molecule has 1 aliphatic rings. The molecule has 1 heterocycles. The third kappa shape index (κ3) is 3.68. The zero-order valence-corrected chi connectivity index (χ0v) is 22.9. The van der Waals surface area contributed by atoms with Gasteiger partial charge < -0.3 is 10.3 Å². The molecule has 1 aliphatic carbocycles. The van der Waals surface area contributed by atoms with Crippen LogP contribution < -0.4 is 5.73 Å². The van der Waals surface area contributed by atoms with Crippen molar-refractivity contribution in [2.24, 2.45) is 5.73 Å². The summed E-state index contributed by atoms with van der Waals surface area (Å²) in [4.78, 5) is 0. The molecular weight excluding hydrogens is 484 g/mol. The van der Waals surface area contributed by atoms with E-state index in [1.54, 1.807) is 0 Å². The maximum absolute atomic E-state index is 6.03. The molecule has 194 valence electrons. The molecule has 2 N–H and O–H groups in total. The highest BCUT2D eigenvalue weighted by Gasteiger charge is 2.35. The van der Waals surface area contributed by atoms with E-state index in [4.69, 9.17) is 5.73 Å². The molecule has 0 unspecified atom stereocenters. The van der Waals surface area contributed by atoms with Crippen LogP contribution in [0.1, 0.15) is 30.7 Å². The van der Waals surface area contributed by atoms with Gasteiger partial charge in [0.2, 0.25) is 0 Å². The van der Waals surface area contributed by atoms with Crippen molar-refractivity contribution in [1.82, 2.24) is 4.57 Å². The Morgan fingerprint density at radius 1 is 0.650 bits per heavy atom. The predicted molar refractivity (Wildman–Crippen MR) is 170 cm³/mol. The number of nitrogens with two attached hydrogens (primary N) is 1. The van der Waals surface area contributed by atoms with E-state index < -0.39 is 0 Å². The van der Waals surface area contributed by atoms with Crippen molar-refractivity contribution in [2.45, 2.75) is 19.3 Å². The average Bonchev–Trinajstić information content (AvgIpc) is 3.45. The Kier molecular flexibility index (Phi) is 5.80. The average molecular weight is 517 g/mol. The van der Waals surface area contributed by atoms with Crippen LogP contribution in [-0.4, -0.2) is 11.1 Å². The van der Waals surface area contributed by atoms with Gasteiger partial charge in [0, 0.05) is 34.2 Å². The first kappa shape index (κ1) is 24.4. The van der Waals surface area contributed by atoms with Crippen LogP contribution in [0, 0.1) is 0 Å². The highest BCUT2D eigenvalue weighted by molar-refractivity contribution is 6.08. The molecule has 0 amide bonds. The lowest BCUT2D eigenvalue weighted by Crippen LogP contribution is -2.14. The summed E-state index contributed by atoms with van der Waals surface area (Å²) in [5.41, 5.74) is 19.8. The van der Waals surface area contributed by atoms with E-state index in [1.807, 2.05) is 0 Å². The van der Waals surface area contributed by atoms with Crippen LogP contribution in [0.25, 0.3) is 56.0 Å². The second-order valence-electron chi connectivity index (χ2n) is 11.1. The van der Waals surface area contributed by atoms with Gasteiger partial charge in [-0.15, -0.1) is 0 Å². The fraction of sp³-hybridized carbons (Fsp3) is 0.105. The van der Waals surface area contributed by atoms with Gasteiger partial charge in [-0.3, -0.25) is 0 Å². The van der Waals surface area contributed by atoms with E-state index in [2.05, 4.69) is 152 Å². The van der Waals surface area contributed by atoms with Crippen LogP contribution in [0.2, 0.25) is 0 Å². The maximum Gasteiger partial charge on any atom is 0.0619 e. The molecule has 2 heteroatoms. The molecule has 0 spiro atoms. The van der Waals surface area contributed by atoms with Crippen molar-refractivity contribution >= 4 is 17.0 Å². The zero-order valence-electron chi connectivity index (χ0n) is 22.9. The van der Waals surface area contributed by atoms with Gasteiger partial charge in [0.05, 0.1) is 11.2 Å². The van der Waals surface area contributed by atoms with Crippen LogP contribution in [0.5, 0.6) is 0 Å². The maximum atomic E-state index is 6.03. The van der Waals surface area contributed by atoms with Crippen molar-refractivity contribution in [3.05, 3.63) is 144 Å². The normalized spacial score (nSPS) is 13.6. The standard InChI is InChI=1S/C38H32N2/c1-38(2)33-20-10-9-17-30(33)32-25-27(22-23-34(32)38)36-31-19-11-18-29(26-13-5-3-6-14-26)37(31)40(35(36)21-12-24-39)28-15-7-4-8-16-28/h3-23,25H,24,39H2,1-2H3/b21-12-. The van der Waals surface area contributed by atoms with E-state index in [0.29, 0.717) is 6.54 Å². The summed E-state index contributed by atoms with van der Waals surface area (Å²) in [6.45, 7) is 5.15. The van der Waals surface area contributed by atoms with Crippen molar-refractivity contribution < 1.29 is 0 Å². The molecule has 0 atom stereocenters. The summed E-state index contributed by atoms with van der Waals surface area (Å²) in [5, 5.41) is 1.23. The highest BCUT2D eigenvalue weighted by Crippen LogP contribution is 2.51. The van der Waals surface area contributed by atoms with Crippen molar-refractivity contribution in [1.29, 1.82) is 0 Å².